The smallest absolute Gasteiger partial charge is 0.306 e. The van der Waals surface area contributed by atoms with Crippen molar-refractivity contribution in [3.05, 3.63) is 33.8 Å². The highest BCUT2D eigenvalue weighted by molar-refractivity contribution is 9.10. The average molecular weight is 340 g/mol. The third-order valence-electron chi connectivity index (χ3n) is 3.72. The number of rotatable bonds is 3. The molecule has 1 aromatic carbocycles. The van der Waals surface area contributed by atoms with Crippen LogP contribution in [-0.2, 0) is 4.79 Å². The minimum Gasteiger partial charge on any atom is -0.481 e. The van der Waals surface area contributed by atoms with Crippen molar-refractivity contribution >= 4 is 27.8 Å². The van der Waals surface area contributed by atoms with E-state index >= 15 is 0 Å². The Bertz CT molecular complexity index is 502. The fourth-order valence-corrected chi connectivity index (χ4v) is 3.23. The molecule has 1 fully saturated rings. The maximum Gasteiger partial charge on any atom is 0.306 e. The van der Waals surface area contributed by atoms with E-state index in [1.54, 1.807) is 6.07 Å². The summed E-state index contributed by atoms with van der Waals surface area (Å²) >= 11 is 3.39. The molecule has 2 N–H and O–H groups in total. The normalized spacial score (nSPS) is 22.3. The van der Waals surface area contributed by atoms with Crippen molar-refractivity contribution < 1.29 is 14.7 Å². The molecular weight excluding hydrogens is 322 g/mol. The van der Waals surface area contributed by atoms with Crippen LogP contribution in [0, 0.1) is 12.8 Å². The van der Waals surface area contributed by atoms with Gasteiger partial charge in [-0.25, -0.2) is 0 Å². The summed E-state index contributed by atoms with van der Waals surface area (Å²) in [6, 6.07) is 5.68. The summed E-state index contributed by atoms with van der Waals surface area (Å²) in [5.74, 6) is -1.07. The number of nitrogens with one attached hydrogen (secondary N) is 1. The van der Waals surface area contributed by atoms with E-state index in [1.165, 1.54) is 0 Å². The van der Waals surface area contributed by atoms with Gasteiger partial charge in [0.25, 0.3) is 5.91 Å². The third-order valence-corrected chi connectivity index (χ3v) is 4.17. The van der Waals surface area contributed by atoms with Crippen molar-refractivity contribution in [1.82, 2.24) is 5.32 Å². The summed E-state index contributed by atoms with van der Waals surface area (Å²) in [5.41, 5.74) is 1.66. The van der Waals surface area contributed by atoms with Crippen molar-refractivity contribution in [2.75, 3.05) is 0 Å². The largest absolute Gasteiger partial charge is 0.481 e. The van der Waals surface area contributed by atoms with Crippen LogP contribution in [0.1, 0.15) is 41.6 Å². The zero-order chi connectivity index (χ0) is 14.7. The van der Waals surface area contributed by atoms with E-state index in [4.69, 9.17) is 5.11 Å². The standard InChI is InChI=1S/C15H18BrNO3/c1-9-6-11(8-12(16)7-9)14(18)17-13-4-2-10(3-5-13)15(19)20/h6-8,10,13H,2-5H2,1H3,(H,17,18)(H,19,20). The minimum absolute atomic E-state index is 0.0809. The molecule has 0 heterocycles. The molecule has 2 rings (SSSR count). The number of hydrogen-bond acceptors (Lipinski definition) is 2. The van der Waals surface area contributed by atoms with Crippen LogP contribution in [0.15, 0.2) is 22.7 Å². The summed E-state index contributed by atoms with van der Waals surface area (Å²) in [6.07, 6.45) is 2.74. The van der Waals surface area contributed by atoms with Gasteiger partial charge in [0.1, 0.15) is 0 Å². The van der Waals surface area contributed by atoms with Gasteiger partial charge in [-0.3, -0.25) is 9.59 Å². The molecule has 1 aliphatic rings. The van der Waals surface area contributed by atoms with Gasteiger partial charge in [0, 0.05) is 16.1 Å². The Balaban J connectivity index is 1.94. The molecule has 0 bridgehead atoms. The molecular formula is C15H18BrNO3. The van der Waals surface area contributed by atoms with E-state index in [0.29, 0.717) is 18.4 Å². The van der Waals surface area contributed by atoms with Crippen molar-refractivity contribution in [1.29, 1.82) is 0 Å². The third kappa shape index (κ3) is 3.82. The van der Waals surface area contributed by atoms with Crippen LogP contribution >= 0.6 is 15.9 Å². The highest BCUT2D eigenvalue weighted by Crippen LogP contribution is 2.25. The highest BCUT2D eigenvalue weighted by Gasteiger charge is 2.26. The molecule has 0 atom stereocenters. The summed E-state index contributed by atoms with van der Waals surface area (Å²) in [7, 11) is 0. The Morgan fingerprint density at radius 2 is 1.85 bits per heavy atom. The molecule has 0 unspecified atom stereocenters. The second kappa shape index (κ2) is 6.39. The quantitative estimate of drug-likeness (QED) is 0.888. The molecule has 5 heteroatoms. The number of aryl methyl sites for hydroxylation is 1. The molecule has 1 aromatic rings. The van der Waals surface area contributed by atoms with Crippen molar-refractivity contribution in [2.45, 2.75) is 38.6 Å². The van der Waals surface area contributed by atoms with Gasteiger partial charge in [-0.2, -0.15) is 0 Å². The van der Waals surface area contributed by atoms with E-state index in [-0.39, 0.29) is 17.9 Å². The lowest BCUT2D eigenvalue weighted by Crippen LogP contribution is -2.38. The topological polar surface area (TPSA) is 66.4 Å². The fraction of sp³-hybridized carbons (Fsp3) is 0.467. The number of amides is 1. The number of aliphatic carboxylic acids is 1. The number of benzene rings is 1. The van der Waals surface area contributed by atoms with Gasteiger partial charge in [0.15, 0.2) is 0 Å². The second-order valence-corrected chi connectivity index (χ2v) is 6.29. The van der Waals surface area contributed by atoms with E-state index in [1.807, 2.05) is 19.1 Å². The molecule has 20 heavy (non-hydrogen) atoms. The van der Waals surface area contributed by atoms with Gasteiger partial charge < -0.3 is 10.4 Å². The molecule has 1 aliphatic carbocycles. The van der Waals surface area contributed by atoms with E-state index < -0.39 is 5.97 Å². The van der Waals surface area contributed by atoms with E-state index in [9.17, 15) is 9.59 Å². The SMILES string of the molecule is Cc1cc(Br)cc(C(=O)NC2CCC(C(=O)O)CC2)c1. The Kier molecular flexibility index (Phi) is 4.81. The van der Waals surface area contributed by atoms with Crippen LogP contribution in [0.25, 0.3) is 0 Å². The van der Waals surface area contributed by atoms with Crippen molar-refractivity contribution in [2.24, 2.45) is 5.92 Å². The lowest BCUT2D eigenvalue weighted by molar-refractivity contribution is -0.142. The molecule has 0 aromatic heterocycles. The van der Waals surface area contributed by atoms with Crippen LogP contribution in [0.4, 0.5) is 0 Å². The van der Waals surface area contributed by atoms with Gasteiger partial charge in [-0.1, -0.05) is 15.9 Å². The fourth-order valence-electron chi connectivity index (χ4n) is 2.62. The van der Waals surface area contributed by atoms with Gasteiger partial charge in [-0.05, 0) is 56.4 Å². The number of carboxylic acids is 1. The minimum atomic E-state index is -0.725. The summed E-state index contributed by atoms with van der Waals surface area (Å²) in [4.78, 5) is 23.1. The predicted octanol–water partition coefficient (Wildman–Crippen LogP) is 3.13. The number of hydrogen-bond donors (Lipinski definition) is 2. The average Bonchev–Trinajstić information content (AvgIpc) is 2.38. The molecule has 1 amide bonds. The highest BCUT2D eigenvalue weighted by atomic mass is 79.9. The van der Waals surface area contributed by atoms with Crippen LogP contribution in [0.2, 0.25) is 0 Å². The van der Waals surface area contributed by atoms with Gasteiger partial charge in [-0.15, -0.1) is 0 Å². The van der Waals surface area contributed by atoms with Gasteiger partial charge in [0.2, 0.25) is 0 Å². The first-order valence-corrected chi connectivity index (χ1v) is 7.56. The lowest BCUT2D eigenvalue weighted by atomic mass is 9.86. The molecule has 4 nitrogen and oxygen atoms in total. The van der Waals surface area contributed by atoms with E-state index in [2.05, 4.69) is 21.2 Å². The molecule has 0 radical (unpaired) electrons. The van der Waals surface area contributed by atoms with Crippen molar-refractivity contribution in [3.8, 4) is 0 Å². The predicted molar refractivity (Wildman–Crippen MR) is 79.7 cm³/mol. The summed E-state index contributed by atoms with van der Waals surface area (Å²) in [5, 5.41) is 11.9. The summed E-state index contributed by atoms with van der Waals surface area (Å²) in [6.45, 7) is 1.94. The van der Waals surface area contributed by atoms with Crippen LogP contribution in [-0.4, -0.2) is 23.0 Å². The molecule has 0 saturated heterocycles. The first-order chi connectivity index (χ1) is 9.45. The first-order valence-electron chi connectivity index (χ1n) is 6.76. The van der Waals surface area contributed by atoms with Gasteiger partial charge in [0.05, 0.1) is 5.92 Å². The van der Waals surface area contributed by atoms with Crippen LogP contribution in [0.5, 0.6) is 0 Å². The zero-order valence-electron chi connectivity index (χ0n) is 11.4. The Labute approximate surface area is 126 Å². The Hall–Kier alpha value is -1.36. The number of carboxylic acid groups (broad SMARTS) is 1. The molecule has 0 spiro atoms. The first kappa shape index (κ1) is 15.0. The lowest BCUT2D eigenvalue weighted by Gasteiger charge is -2.26. The molecule has 1 saturated carbocycles. The number of halogens is 1. The summed E-state index contributed by atoms with van der Waals surface area (Å²) < 4.78 is 0.886. The number of carbonyl (C=O) groups excluding carboxylic acids is 1. The van der Waals surface area contributed by atoms with Gasteiger partial charge >= 0.3 is 5.97 Å². The second-order valence-electron chi connectivity index (χ2n) is 5.38. The maximum atomic E-state index is 12.2. The molecule has 0 aliphatic heterocycles. The van der Waals surface area contributed by atoms with Crippen LogP contribution < -0.4 is 5.32 Å². The zero-order valence-corrected chi connectivity index (χ0v) is 12.9. The number of carbonyl (C=O) groups is 2. The van der Waals surface area contributed by atoms with Crippen molar-refractivity contribution in [3.63, 3.8) is 0 Å². The van der Waals surface area contributed by atoms with E-state index in [0.717, 1.165) is 22.9 Å². The van der Waals surface area contributed by atoms with Crippen LogP contribution in [0.3, 0.4) is 0 Å². The Morgan fingerprint density at radius 3 is 2.40 bits per heavy atom. The molecule has 108 valence electrons. The maximum absolute atomic E-state index is 12.2. The monoisotopic (exact) mass is 339 g/mol. The Morgan fingerprint density at radius 1 is 1.20 bits per heavy atom.